The van der Waals surface area contributed by atoms with Crippen molar-refractivity contribution in [2.45, 2.75) is 12.5 Å². The number of nitrogens with one attached hydrogen (secondary N) is 1. The summed E-state index contributed by atoms with van der Waals surface area (Å²) in [6.07, 6.45) is 0.263. The Bertz CT molecular complexity index is 746. The highest BCUT2D eigenvalue weighted by molar-refractivity contribution is 6.00. The molecule has 1 aliphatic heterocycles. The fourth-order valence-corrected chi connectivity index (χ4v) is 3.36. The summed E-state index contributed by atoms with van der Waals surface area (Å²) in [6.45, 7) is 0.957. The molecule has 2 aromatic rings. The third-order valence-corrected chi connectivity index (χ3v) is 4.84. The maximum Gasteiger partial charge on any atom is 0.227 e. The number of para-hydroxylation sites is 1. The number of hydrogen-bond donors (Lipinski definition) is 1. The van der Waals surface area contributed by atoms with Crippen LogP contribution >= 0.6 is 0 Å². The van der Waals surface area contributed by atoms with Crippen LogP contribution in [0.25, 0.3) is 0 Å². The quantitative estimate of drug-likeness (QED) is 0.870. The van der Waals surface area contributed by atoms with Crippen LogP contribution in [0.2, 0.25) is 0 Å². The minimum Gasteiger partial charge on any atom is -0.354 e. The second-order valence-electron chi connectivity index (χ2n) is 6.88. The van der Waals surface area contributed by atoms with Crippen molar-refractivity contribution in [1.29, 1.82) is 0 Å². The third kappa shape index (κ3) is 4.11. The predicted octanol–water partition coefficient (Wildman–Crippen LogP) is 2.46. The smallest absolute Gasteiger partial charge is 0.227 e. The standard InChI is InChI=1S/C21H25N3O2/c1-23(2)19(16-9-5-3-6-10-16)14-22-21(26)17-13-20(25)24(15-17)18-11-7-4-8-12-18/h3-12,17,19H,13-15H2,1-2H3,(H,22,26). The fraction of sp³-hybridized carbons (Fsp3) is 0.333. The van der Waals surface area contributed by atoms with Gasteiger partial charge in [0.2, 0.25) is 11.8 Å². The number of nitrogens with zero attached hydrogens (tertiary/aromatic N) is 2. The molecule has 2 atom stereocenters. The first-order valence-corrected chi connectivity index (χ1v) is 8.90. The molecule has 0 spiro atoms. The first-order chi connectivity index (χ1) is 12.6. The summed E-state index contributed by atoms with van der Waals surface area (Å²) in [5.41, 5.74) is 2.01. The SMILES string of the molecule is CN(C)C(CNC(=O)C1CC(=O)N(c2ccccc2)C1)c1ccccc1. The second kappa shape index (κ2) is 8.15. The Morgan fingerprint density at radius 1 is 1.12 bits per heavy atom. The van der Waals surface area contributed by atoms with Gasteiger partial charge < -0.3 is 15.1 Å². The van der Waals surface area contributed by atoms with E-state index >= 15 is 0 Å². The Labute approximate surface area is 154 Å². The Morgan fingerprint density at radius 3 is 2.35 bits per heavy atom. The van der Waals surface area contributed by atoms with Crippen molar-refractivity contribution in [2.75, 3.05) is 32.1 Å². The van der Waals surface area contributed by atoms with Crippen molar-refractivity contribution in [3.05, 3.63) is 66.2 Å². The molecule has 3 rings (SSSR count). The van der Waals surface area contributed by atoms with Gasteiger partial charge in [-0.2, -0.15) is 0 Å². The molecule has 1 saturated heterocycles. The topological polar surface area (TPSA) is 52.7 Å². The van der Waals surface area contributed by atoms with Crippen molar-refractivity contribution in [3.63, 3.8) is 0 Å². The summed E-state index contributed by atoms with van der Waals surface area (Å²) < 4.78 is 0. The zero-order chi connectivity index (χ0) is 18.5. The van der Waals surface area contributed by atoms with Crippen molar-refractivity contribution >= 4 is 17.5 Å². The predicted molar refractivity (Wildman–Crippen MR) is 103 cm³/mol. The number of amides is 2. The number of hydrogen-bond acceptors (Lipinski definition) is 3. The molecule has 5 nitrogen and oxygen atoms in total. The molecular formula is C21H25N3O2. The fourth-order valence-electron chi connectivity index (χ4n) is 3.36. The first-order valence-electron chi connectivity index (χ1n) is 8.90. The molecule has 0 radical (unpaired) electrons. The van der Waals surface area contributed by atoms with E-state index in [2.05, 4.69) is 22.3 Å². The van der Waals surface area contributed by atoms with Gasteiger partial charge >= 0.3 is 0 Å². The summed E-state index contributed by atoms with van der Waals surface area (Å²) in [7, 11) is 4.00. The van der Waals surface area contributed by atoms with Gasteiger partial charge in [0.05, 0.1) is 12.0 Å². The van der Waals surface area contributed by atoms with Gasteiger partial charge in [-0.15, -0.1) is 0 Å². The van der Waals surface area contributed by atoms with Gasteiger partial charge in [0, 0.05) is 25.2 Å². The van der Waals surface area contributed by atoms with E-state index in [1.54, 1.807) is 4.90 Å². The number of benzene rings is 2. The Balaban J connectivity index is 1.61. The van der Waals surface area contributed by atoms with Gasteiger partial charge in [-0.3, -0.25) is 9.59 Å². The molecule has 2 amide bonds. The van der Waals surface area contributed by atoms with Crippen LogP contribution in [0.15, 0.2) is 60.7 Å². The number of likely N-dealkylation sites (N-methyl/N-ethyl adjacent to an activating group) is 1. The molecule has 0 saturated carbocycles. The molecule has 0 aliphatic carbocycles. The molecule has 5 heteroatoms. The van der Waals surface area contributed by atoms with E-state index in [0.717, 1.165) is 11.3 Å². The number of anilines is 1. The Morgan fingerprint density at radius 2 is 1.73 bits per heavy atom. The summed E-state index contributed by atoms with van der Waals surface area (Å²) in [5, 5.41) is 3.04. The van der Waals surface area contributed by atoms with Gasteiger partial charge in [0.1, 0.15) is 0 Å². The number of carbonyl (C=O) groups is 2. The Kier molecular flexibility index (Phi) is 5.68. The first kappa shape index (κ1) is 18.1. The van der Waals surface area contributed by atoms with E-state index in [4.69, 9.17) is 0 Å². The van der Waals surface area contributed by atoms with Crippen LogP contribution < -0.4 is 10.2 Å². The summed E-state index contributed by atoms with van der Waals surface area (Å²) in [4.78, 5) is 28.7. The van der Waals surface area contributed by atoms with Gasteiger partial charge in [-0.05, 0) is 31.8 Å². The van der Waals surface area contributed by atoms with E-state index in [-0.39, 0.29) is 30.2 Å². The minimum absolute atomic E-state index is 0.00330. The lowest BCUT2D eigenvalue weighted by atomic mass is 10.0. The highest BCUT2D eigenvalue weighted by Gasteiger charge is 2.35. The molecule has 0 bridgehead atoms. The van der Waals surface area contributed by atoms with Crippen LogP contribution in [0.4, 0.5) is 5.69 Å². The maximum atomic E-state index is 12.6. The van der Waals surface area contributed by atoms with Crippen molar-refractivity contribution in [1.82, 2.24) is 10.2 Å². The van der Waals surface area contributed by atoms with E-state index < -0.39 is 0 Å². The third-order valence-electron chi connectivity index (χ3n) is 4.84. The van der Waals surface area contributed by atoms with E-state index in [0.29, 0.717) is 13.1 Å². The molecule has 26 heavy (non-hydrogen) atoms. The summed E-state index contributed by atoms with van der Waals surface area (Å²) >= 11 is 0. The monoisotopic (exact) mass is 351 g/mol. The molecule has 0 aromatic heterocycles. The van der Waals surface area contributed by atoms with Gasteiger partial charge in [0.25, 0.3) is 0 Å². The molecule has 1 N–H and O–H groups in total. The zero-order valence-electron chi connectivity index (χ0n) is 15.3. The van der Waals surface area contributed by atoms with Crippen molar-refractivity contribution < 1.29 is 9.59 Å². The molecule has 1 aliphatic rings. The average molecular weight is 351 g/mol. The normalized spacial score (nSPS) is 18.2. The summed E-state index contributed by atoms with van der Waals surface area (Å²) in [5.74, 6) is -0.357. The lowest BCUT2D eigenvalue weighted by molar-refractivity contribution is -0.126. The lowest BCUT2D eigenvalue weighted by Gasteiger charge is -2.25. The van der Waals surface area contributed by atoms with Crippen LogP contribution in [-0.2, 0) is 9.59 Å². The van der Waals surface area contributed by atoms with Gasteiger partial charge in [-0.1, -0.05) is 48.5 Å². The average Bonchev–Trinajstić information content (AvgIpc) is 3.05. The number of rotatable bonds is 6. The molecule has 1 heterocycles. The Hall–Kier alpha value is -2.66. The van der Waals surface area contributed by atoms with E-state index in [1.165, 1.54) is 0 Å². The van der Waals surface area contributed by atoms with E-state index in [1.807, 2.05) is 62.6 Å². The molecule has 2 unspecified atom stereocenters. The van der Waals surface area contributed by atoms with Crippen molar-refractivity contribution in [3.8, 4) is 0 Å². The number of carbonyl (C=O) groups excluding carboxylic acids is 2. The molecular weight excluding hydrogens is 326 g/mol. The highest BCUT2D eigenvalue weighted by Crippen LogP contribution is 2.25. The lowest BCUT2D eigenvalue weighted by Crippen LogP contribution is -2.38. The van der Waals surface area contributed by atoms with Crippen LogP contribution in [0.3, 0.4) is 0 Å². The van der Waals surface area contributed by atoms with Crippen LogP contribution in [0.5, 0.6) is 0 Å². The van der Waals surface area contributed by atoms with Crippen LogP contribution in [-0.4, -0.2) is 43.9 Å². The largest absolute Gasteiger partial charge is 0.354 e. The summed E-state index contributed by atoms with van der Waals surface area (Å²) in [6, 6.07) is 19.7. The van der Waals surface area contributed by atoms with Gasteiger partial charge in [0.15, 0.2) is 0 Å². The van der Waals surface area contributed by atoms with Crippen LogP contribution in [0, 0.1) is 5.92 Å². The van der Waals surface area contributed by atoms with Crippen molar-refractivity contribution in [2.24, 2.45) is 5.92 Å². The second-order valence-corrected chi connectivity index (χ2v) is 6.88. The minimum atomic E-state index is -0.304. The molecule has 1 fully saturated rings. The molecule has 2 aromatic carbocycles. The maximum absolute atomic E-state index is 12.6. The molecule has 136 valence electrons. The zero-order valence-corrected chi connectivity index (χ0v) is 15.3. The highest BCUT2D eigenvalue weighted by atomic mass is 16.2. The van der Waals surface area contributed by atoms with E-state index in [9.17, 15) is 9.59 Å². The van der Waals surface area contributed by atoms with Crippen LogP contribution in [0.1, 0.15) is 18.0 Å². The van der Waals surface area contributed by atoms with Gasteiger partial charge in [-0.25, -0.2) is 0 Å².